The quantitative estimate of drug-likeness (QED) is 0.915. The van der Waals surface area contributed by atoms with Gasteiger partial charge in [0.05, 0.1) is 0 Å². The van der Waals surface area contributed by atoms with E-state index < -0.39 is 0 Å². The summed E-state index contributed by atoms with van der Waals surface area (Å²) in [7, 11) is 0. The molecular formula is C14H22BrClN2. The number of hydrogen-bond donors (Lipinski definition) is 1. The van der Waals surface area contributed by atoms with Crippen LogP contribution in [0.3, 0.4) is 0 Å². The van der Waals surface area contributed by atoms with E-state index in [-0.39, 0.29) is 12.4 Å². The largest absolute Gasteiger partial charge is 0.330 e. The predicted octanol–water partition coefficient (Wildman–Crippen LogP) is 3.60. The maximum atomic E-state index is 5.78. The summed E-state index contributed by atoms with van der Waals surface area (Å²) in [5.74, 6) is 0.669. The van der Waals surface area contributed by atoms with Crippen LogP contribution in [0.25, 0.3) is 0 Å². The van der Waals surface area contributed by atoms with Gasteiger partial charge in [-0.3, -0.25) is 4.90 Å². The summed E-state index contributed by atoms with van der Waals surface area (Å²) in [6, 6.07) is 9.77. The van der Waals surface area contributed by atoms with Crippen LogP contribution in [0.5, 0.6) is 0 Å². The Hall–Kier alpha value is -0.0900. The lowest BCUT2D eigenvalue weighted by atomic mass is 10.1. The van der Waals surface area contributed by atoms with E-state index in [1.807, 2.05) is 0 Å². The van der Waals surface area contributed by atoms with Crippen LogP contribution in [-0.4, -0.2) is 24.0 Å². The van der Waals surface area contributed by atoms with Crippen molar-refractivity contribution in [2.75, 3.05) is 13.1 Å². The van der Waals surface area contributed by atoms with Gasteiger partial charge in [-0.25, -0.2) is 0 Å². The molecule has 2 nitrogen and oxygen atoms in total. The molecule has 0 aliphatic carbocycles. The summed E-state index contributed by atoms with van der Waals surface area (Å²) in [6.45, 7) is 6.55. The van der Waals surface area contributed by atoms with Gasteiger partial charge in [-0.1, -0.05) is 28.1 Å². The van der Waals surface area contributed by atoms with E-state index >= 15 is 0 Å². The predicted molar refractivity (Wildman–Crippen MR) is 83.1 cm³/mol. The van der Waals surface area contributed by atoms with Crippen molar-refractivity contribution >= 4 is 28.3 Å². The molecule has 0 bridgehead atoms. The highest BCUT2D eigenvalue weighted by atomic mass is 79.9. The molecule has 0 amide bonds. The van der Waals surface area contributed by atoms with Gasteiger partial charge in [0.15, 0.2) is 0 Å². The van der Waals surface area contributed by atoms with Crippen LogP contribution < -0.4 is 5.73 Å². The van der Waals surface area contributed by atoms with E-state index in [2.05, 4.69) is 58.9 Å². The molecule has 3 unspecified atom stereocenters. The summed E-state index contributed by atoms with van der Waals surface area (Å²) in [5.41, 5.74) is 7.17. The van der Waals surface area contributed by atoms with Crippen LogP contribution in [0, 0.1) is 5.92 Å². The third kappa shape index (κ3) is 3.47. The minimum absolute atomic E-state index is 0. The number of rotatable bonds is 3. The molecular weight excluding hydrogens is 312 g/mol. The molecule has 1 aromatic rings. The molecule has 1 saturated heterocycles. The maximum absolute atomic E-state index is 5.78. The summed E-state index contributed by atoms with van der Waals surface area (Å²) in [6.07, 6.45) is 1.23. The lowest BCUT2D eigenvalue weighted by Crippen LogP contribution is -2.30. The molecule has 102 valence electrons. The van der Waals surface area contributed by atoms with E-state index in [1.54, 1.807) is 0 Å². The Morgan fingerprint density at radius 1 is 1.39 bits per heavy atom. The van der Waals surface area contributed by atoms with E-state index in [0.717, 1.165) is 17.6 Å². The van der Waals surface area contributed by atoms with Gasteiger partial charge in [-0.15, -0.1) is 12.4 Å². The SMILES string of the molecule is CC1CC(CN)CN1C(C)c1ccc(Br)cc1.Cl. The van der Waals surface area contributed by atoms with Gasteiger partial charge in [0.2, 0.25) is 0 Å². The zero-order valence-electron chi connectivity index (χ0n) is 11.0. The van der Waals surface area contributed by atoms with Crippen LogP contribution in [0.15, 0.2) is 28.7 Å². The minimum Gasteiger partial charge on any atom is -0.330 e. The van der Waals surface area contributed by atoms with Crippen molar-refractivity contribution in [2.45, 2.75) is 32.4 Å². The number of nitrogens with two attached hydrogens (primary N) is 1. The first-order valence-corrected chi connectivity index (χ1v) is 7.12. The van der Waals surface area contributed by atoms with Gasteiger partial charge in [0.25, 0.3) is 0 Å². The van der Waals surface area contributed by atoms with Gasteiger partial charge in [0, 0.05) is 23.1 Å². The average molecular weight is 334 g/mol. The van der Waals surface area contributed by atoms with E-state index in [4.69, 9.17) is 5.73 Å². The van der Waals surface area contributed by atoms with Crippen LogP contribution in [-0.2, 0) is 0 Å². The monoisotopic (exact) mass is 332 g/mol. The molecule has 0 spiro atoms. The fourth-order valence-electron chi connectivity index (χ4n) is 2.81. The minimum atomic E-state index is 0. The van der Waals surface area contributed by atoms with Crippen molar-refractivity contribution < 1.29 is 0 Å². The molecule has 0 radical (unpaired) electrons. The molecule has 2 N–H and O–H groups in total. The number of likely N-dealkylation sites (tertiary alicyclic amines) is 1. The molecule has 1 aliphatic rings. The van der Waals surface area contributed by atoms with Crippen LogP contribution in [0.1, 0.15) is 31.9 Å². The summed E-state index contributed by atoms with van der Waals surface area (Å²) in [5, 5.41) is 0. The third-order valence-electron chi connectivity index (χ3n) is 3.89. The first-order chi connectivity index (χ1) is 8.11. The Morgan fingerprint density at radius 3 is 2.50 bits per heavy atom. The van der Waals surface area contributed by atoms with Crippen LogP contribution in [0.4, 0.5) is 0 Å². The molecule has 4 heteroatoms. The fraction of sp³-hybridized carbons (Fsp3) is 0.571. The summed E-state index contributed by atoms with van der Waals surface area (Å²) >= 11 is 3.48. The maximum Gasteiger partial charge on any atom is 0.0322 e. The molecule has 1 fully saturated rings. The molecule has 0 aromatic heterocycles. The lowest BCUT2D eigenvalue weighted by molar-refractivity contribution is 0.200. The smallest absolute Gasteiger partial charge is 0.0322 e. The lowest BCUT2D eigenvalue weighted by Gasteiger charge is -2.29. The standard InChI is InChI=1S/C14H21BrN2.ClH/c1-10-7-12(8-16)9-17(10)11(2)13-3-5-14(15)6-4-13;/h3-6,10-12H,7-9,16H2,1-2H3;1H. The number of benzene rings is 1. The average Bonchev–Trinajstić information content (AvgIpc) is 2.71. The van der Waals surface area contributed by atoms with E-state index in [9.17, 15) is 0 Å². The molecule has 18 heavy (non-hydrogen) atoms. The van der Waals surface area contributed by atoms with Gasteiger partial charge in [-0.05, 0) is 50.4 Å². The normalized spacial score (nSPS) is 25.8. The highest BCUT2D eigenvalue weighted by molar-refractivity contribution is 9.10. The Balaban J connectivity index is 0.00000162. The fourth-order valence-corrected chi connectivity index (χ4v) is 3.08. The van der Waals surface area contributed by atoms with Crippen LogP contribution >= 0.6 is 28.3 Å². The zero-order valence-corrected chi connectivity index (χ0v) is 13.4. The zero-order chi connectivity index (χ0) is 12.4. The second-order valence-electron chi connectivity index (χ2n) is 5.11. The highest BCUT2D eigenvalue weighted by Gasteiger charge is 2.31. The molecule has 1 aliphatic heterocycles. The number of halogens is 2. The van der Waals surface area contributed by atoms with Crippen molar-refractivity contribution in [3.8, 4) is 0 Å². The van der Waals surface area contributed by atoms with Gasteiger partial charge in [0.1, 0.15) is 0 Å². The molecule has 3 atom stereocenters. The Labute approximate surface area is 124 Å². The molecule has 1 aromatic carbocycles. The van der Waals surface area contributed by atoms with E-state index in [1.165, 1.54) is 12.0 Å². The number of nitrogens with zero attached hydrogens (tertiary/aromatic N) is 1. The second kappa shape index (κ2) is 6.90. The second-order valence-corrected chi connectivity index (χ2v) is 6.03. The highest BCUT2D eigenvalue weighted by Crippen LogP contribution is 2.31. The first kappa shape index (κ1) is 16.0. The van der Waals surface area contributed by atoms with Crippen LogP contribution in [0.2, 0.25) is 0 Å². The Morgan fingerprint density at radius 2 is 2.00 bits per heavy atom. The van der Waals surface area contributed by atoms with Crippen molar-refractivity contribution in [1.29, 1.82) is 0 Å². The molecule has 0 saturated carbocycles. The van der Waals surface area contributed by atoms with Crippen molar-refractivity contribution in [2.24, 2.45) is 11.7 Å². The topological polar surface area (TPSA) is 29.3 Å². The Bertz CT molecular complexity index is 369. The third-order valence-corrected chi connectivity index (χ3v) is 4.42. The van der Waals surface area contributed by atoms with Gasteiger partial charge < -0.3 is 5.73 Å². The van der Waals surface area contributed by atoms with Crippen molar-refractivity contribution in [3.05, 3.63) is 34.3 Å². The van der Waals surface area contributed by atoms with Crippen molar-refractivity contribution in [3.63, 3.8) is 0 Å². The molecule has 2 rings (SSSR count). The summed E-state index contributed by atoms with van der Waals surface area (Å²) in [4.78, 5) is 2.57. The summed E-state index contributed by atoms with van der Waals surface area (Å²) < 4.78 is 1.14. The van der Waals surface area contributed by atoms with E-state index in [0.29, 0.717) is 18.0 Å². The molecule has 1 heterocycles. The number of hydrogen-bond acceptors (Lipinski definition) is 2. The van der Waals surface area contributed by atoms with Gasteiger partial charge in [-0.2, -0.15) is 0 Å². The first-order valence-electron chi connectivity index (χ1n) is 6.33. The van der Waals surface area contributed by atoms with Gasteiger partial charge >= 0.3 is 0 Å². The van der Waals surface area contributed by atoms with Crippen molar-refractivity contribution in [1.82, 2.24) is 4.90 Å². The Kier molecular flexibility index (Phi) is 6.12.